The summed E-state index contributed by atoms with van der Waals surface area (Å²) in [6.45, 7) is 6.74. The fourth-order valence-electron chi connectivity index (χ4n) is 1.76. The summed E-state index contributed by atoms with van der Waals surface area (Å²) in [4.78, 5) is 11.7. The number of hydrogen-bond donors (Lipinski definition) is 2. The van der Waals surface area contributed by atoms with Gasteiger partial charge in [0.15, 0.2) is 0 Å². The highest BCUT2D eigenvalue weighted by molar-refractivity contribution is 5.97. The Hall–Kier alpha value is -2.28. The molecule has 0 spiro atoms. The van der Waals surface area contributed by atoms with Crippen molar-refractivity contribution < 1.29 is 4.79 Å². The number of hydrogen-bond acceptors (Lipinski definition) is 3. The Bertz CT molecular complexity index is 527. The zero-order valence-corrected chi connectivity index (χ0v) is 12.2. The number of rotatable bonds is 6. The number of nitrogens with one attached hydrogen (secondary N) is 2. The van der Waals surface area contributed by atoms with E-state index in [1.165, 1.54) is 6.20 Å². The number of carbonyl (C=O) groups excluding carboxylic acids is 1. The van der Waals surface area contributed by atoms with Crippen LogP contribution in [-0.4, -0.2) is 12.5 Å². The molecule has 1 aromatic rings. The first kappa shape index (κ1) is 15.8. The van der Waals surface area contributed by atoms with Crippen LogP contribution in [0.3, 0.4) is 0 Å². The number of anilines is 1. The van der Waals surface area contributed by atoms with E-state index in [-0.39, 0.29) is 11.5 Å². The molecule has 0 fully saturated rings. The number of carbonyl (C=O) groups is 1. The summed E-state index contributed by atoms with van der Waals surface area (Å²) in [5, 5.41) is 14.8. The van der Waals surface area contributed by atoms with E-state index < -0.39 is 0 Å². The second-order valence-corrected chi connectivity index (χ2v) is 4.81. The summed E-state index contributed by atoms with van der Waals surface area (Å²) in [5.74, 6) is 0.0235. The Morgan fingerprint density at radius 2 is 2.10 bits per heavy atom. The zero-order valence-electron chi connectivity index (χ0n) is 12.2. The van der Waals surface area contributed by atoms with Gasteiger partial charge in [0.25, 0.3) is 5.91 Å². The molecule has 1 rings (SSSR count). The molecule has 1 aromatic carbocycles. The van der Waals surface area contributed by atoms with Gasteiger partial charge in [0.1, 0.15) is 11.6 Å². The third-order valence-corrected chi connectivity index (χ3v) is 2.86. The first-order valence-electron chi connectivity index (χ1n) is 6.84. The zero-order chi connectivity index (χ0) is 15.0. The molecule has 1 amide bonds. The molecule has 0 saturated carbocycles. The van der Waals surface area contributed by atoms with Crippen molar-refractivity contribution in [3.05, 3.63) is 41.6 Å². The second-order valence-electron chi connectivity index (χ2n) is 4.81. The van der Waals surface area contributed by atoms with Crippen LogP contribution in [0.1, 0.15) is 38.7 Å². The van der Waals surface area contributed by atoms with Gasteiger partial charge in [0.05, 0.1) is 0 Å². The van der Waals surface area contributed by atoms with Crippen molar-refractivity contribution in [2.45, 2.75) is 33.1 Å². The molecule has 0 heterocycles. The Kier molecular flexibility index (Phi) is 6.31. The summed E-state index contributed by atoms with van der Waals surface area (Å²) in [6, 6.07) is 9.78. The van der Waals surface area contributed by atoms with Crippen LogP contribution in [0, 0.1) is 11.3 Å². The smallest absolute Gasteiger partial charge is 0.263 e. The van der Waals surface area contributed by atoms with E-state index in [1.807, 2.05) is 37.3 Å². The first-order chi connectivity index (χ1) is 9.60. The van der Waals surface area contributed by atoms with Gasteiger partial charge in [-0.2, -0.15) is 5.26 Å². The number of nitriles is 1. The molecule has 0 radical (unpaired) electrons. The minimum absolute atomic E-state index is 0.0806. The first-order valence-corrected chi connectivity index (χ1v) is 6.84. The molecule has 4 heteroatoms. The number of benzene rings is 1. The van der Waals surface area contributed by atoms with E-state index in [1.54, 1.807) is 0 Å². The molecular formula is C16H21N3O. The van der Waals surface area contributed by atoms with Gasteiger partial charge in [0.2, 0.25) is 0 Å². The van der Waals surface area contributed by atoms with Crippen molar-refractivity contribution in [3.63, 3.8) is 0 Å². The fourth-order valence-corrected chi connectivity index (χ4v) is 1.76. The summed E-state index contributed by atoms with van der Waals surface area (Å²) in [6.07, 6.45) is 2.31. The average Bonchev–Trinajstić information content (AvgIpc) is 2.45. The van der Waals surface area contributed by atoms with E-state index in [9.17, 15) is 4.79 Å². The van der Waals surface area contributed by atoms with Crippen LogP contribution in [0.4, 0.5) is 5.69 Å². The largest absolute Gasteiger partial charge is 0.360 e. The van der Waals surface area contributed by atoms with Gasteiger partial charge in [0, 0.05) is 18.4 Å². The molecule has 0 saturated heterocycles. The summed E-state index contributed by atoms with van der Waals surface area (Å²) in [5.41, 5.74) is 2.14. The lowest BCUT2D eigenvalue weighted by Gasteiger charge is -2.12. The normalized spacial score (nSPS) is 11.1. The lowest BCUT2D eigenvalue weighted by atomic mass is 10.0. The number of amides is 1. The topological polar surface area (TPSA) is 64.9 Å². The maximum absolute atomic E-state index is 11.7. The van der Waals surface area contributed by atoms with Crippen molar-refractivity contribution in [3.8, 4) is 6.07 Å². The monoisotopic (exact) mass is 271 g/mol. The van der Waals surface area contributed by atoms with Crippen LogP contribution >= 0.6 is 0 Å². The molecule has 0 aliphatic heterocycles. The Morgan fingerprint density at radius 3 is 2.70 bits per heavy atom. The van der Waals surface area contributed by atoms with Crippen LogP contribution in [0.25, 0.3) is 0 Å². The predicted molar refractivity (Wildman–Crippen MR) is 81.2 cm³/mol. The van der Waals surface area contributed by atoms with E-state index in [0.29, 0.717) is 12.5 Å². The SMILES string of the molecule is CCCNC(=O)/C(C#N)=C\Nc1ccccc1C(C)C. The van der Waals surface area contributed by atoms with E-state index in [2.05, 4.69) is 24.5 Å². The van der Waals surface area contributed by atoms with Gasteiger partial charge in [-0.25, -0.2) is 0 Å². The van der Waals surface area contributed by atoms with Crippen LogP contribution in [-0.2, 0) is 4.79 Å². The second kappa shape index (κ2) is 8.00. The fraction of sp³-hybridized carbons (Fsp3) is 0.375. The molecular weight excluding hydrogens is 250 g/mol. The molecule has 0 aliphatic rings. The minimum atomic E-state index is -0.344. The third-order valence-electron chi connectivity index (χ3n) is 2.86. The van der Waals surface area contributed by atoms with Crippen molar-refractivity contribution in [2.24, 2.45) is 0 Å². The van der Waals surface area contributed by atoms with Crippen LogP contribution in [0.5, 0.6) is 0 Å². The van der Waals surface area contributed by atoms with Crippen LogP contribution < -0.4 is 10.6 Å². The van der Waals surface area contributed by atoms with Gasteiger partial charge >= 0.3 is 0 Å². The molecule has 0 unspecified atom stereocenters. The molecule has 0 aliphatic carbocycles. The minimum Gasteiger partial charge on any atom is -0.360 e. The highest BCUT2D eigenvalue weighted by Gasteiger charge is 2.09. The van der Waals surface area contributed by atoms with Crippen molar-refractivity contribution in [1.82, 2.24) is 5.32 Å². The molecule has 0 atom stereocenters. The number of para-hydroxylation sites is 1. The maximum atomic E-state index is 11.7. The van der Waals surface area contributed by atoms with Crippen LogP contribution in [0.15, 0.2) is 36.0 Å². The lowest BCUT2D eigenvalue weighted by molar-refractivity contribution is -0.117. The van der Waals surface area contributed by atoms with Crippen molar-refractivity contribution >= 4 is 11.6 Å². The highest BCUT2D eigenvalue weighted by atomic mass is 16.1. The average molecular weight is 271 g/mol. The summed E-state index contributed by atoms with van der Waals surface area (Å²) in [7, 11) is 0. The predicted octanol–water partition coefficient (Wildman–Crippen LogP) is 3.16. The maximum Gasteiger partial charge on any atom is 0.263 e. The number of nitrogens with zero attached hydrogens (tertiary/aromatic N) is 1. The van der Waals surface area contributed by atoms with Gasteiger partial charge in [-0.3, -0.25) is 4.79 Å². The standard InChI is InChI=1S/C16H21N3O/c1-4-9-18-16(20)13(10-17)11-19-15-8-6-5-7-14(15)12(2)3/h5-8,11-12,19H,4,9H2,1-3H3,(H,18,20)/b13-11-. The van der Waals surface area contributed by atoms with Crippen molar-refractivity contribution in [2.75, 3.05) is 11.9 Å². The van der Waals surface area contributed by atoms with Gasteiger partial charge < -0.3 is 10.6 Å². The quantitative estimate of drug-likeness (QED) is 0.617. The molecule has 2 N–H and O–H groups in total. The van der Waals surface area contributed by atoms with Crippen LogP contribution in [0.2, 0.25) is 0 Å². The van der Waals surface area contributed by atoms with E-state index in [4.69, 9.17) is 5.26 Å². The summed E-state index contributed by atoms with van der Waals surface area (Å²) < 4.78 is 0. The Balaban J connectivity index is 2.85. The molecule has 0 aromatic heterocycles. The van der Waals surface area contributed by atoms with Crippen molar-refractivity contribution in [1.29, 1.82) is 5.26 Å². The Labute approximate surface area is 120 Å². The molecule has 4 nitrogen and oxygen atoms in total. The highest BCUT2D eigenvalue weighted by Crippen LogP contribution is 2.23. The van der Waals surface area contributed by atoms with E-state index in [0.717, 1.165) is 17.7 Å². The third kappa shape index (κ3) is 4.43. The van der Waals surface area contributed by atoms with E-state index >= 15 is 0 Å². The Morgan fingerprint density at radius 1 is 1.40 bits per heavy atom. The molecule has 106 valence electrons. The summed E-state index contributed by atoms with van der Waals surface area (Å²) >= 11 is 0. The molecule has 0 bridgehead atoms. The van der Waals surface area contributed by atoms with Gasteiger partial charge in [-0.1, -0.05) is 39.0 Å². The van der Waals surface area contributed by atoms with Gasteiger partial charge in [-0.15, -0.1) is 0 Å². The van der Waals surface area contributed by atoms with Gasteiger partial charge in [-0.05, 0) is 24.0 Å². The lowest BCUT2D eigenvalue weighted by Crippen LogP contribution is -2.25. The molecule has 20 heavy (non-hydrogen) atoms.